The van der Waals surface area contributed by atoms with E-state index < -0.39 is 0 Å². The standard InChI is InChI=1S/C23H42.C22H43N.C10H17N.C3H6.3C2H6.CH3Cl/c1-7-9-10-11-12-13-15-18-21(3)19-16-14-17-20-22(4)23(5,6)8-2;1-7-11-20(4)21(5)16-15-19(3)13-9-10-14-22(12-8-2)17-18-23-6;1-4-9(2)11-8-6-5-7-10(11)3;1-3-2;4*1-2/h11-13,15,18,22H,7-10,14,16-17,19-20H2,1-6H3;7,16,19-20,22-23H,1,8-15,17-18H2,2-6H3;4,10H,1-2,5-8H2,3H3;3H,1H2,2H3;3*1-2H3;1H3/b12-11+,15-13+,21-18+;21-16+;;;;;;. The van der Waals surface area contributed by atoms with Gasteiger partial charge in [0.1, 0.15) is 0 Å². The van der Waals surface area contributed by atoms with Crippen LogP contribution >= 0.6 is 11.6 Å². The highest BCUT2D eigenvalue weighted by atomic mass is 35.5. The highest BCUT2D eigenvalue weighted by Gasteiger charge is 2.22. The highest BCUT2D eigenvalue weighted by Crippen LogP contribution is 2.33. The summed E-state index contributed by atoms with van der Waals surface area (Å²) in [6.07, 6.45) is 48.4. The van der Waals surface area contributed by atoms with Crippen LogP contribution in [0.3, 0.4) is 0 Å². The molecule has 1 rings (SSSR count). The van der Waals surface area contributed by atoms with Gasteiger partial charge in [-0.2, -0.15) is 0 Å². The Labute approximate surface area is 438 Å². The molecule has 0 bridgehead atoms. The maximum absolute atomic E-state index is 4.64. The van der Waals surface area contributed by atoms with Crippen LogP contribution < -0.4 is 5.32 Å². The number of allylic oxidation sites excluding steroid dienone is 11. The number of hydrogen-bond acceptors (Lipinski definition) is 2. The van der Waals surface area contributed by atoms with Gasteiger partial charge in [0.2, 0.25) is 0 Å². The van der Waals surface area contributed by atoms with Crippen molar-refractivity contribution in [2.75, 3.05) is 26.5 Å². The lowest BCUT2D eigenvalue weighted by molar-refractivity contribution is 0.204. The van der Waals surface area contributed by atoms with E-state index in [1.165, 1.54) is 152 Å². The maximum Gasteiger partial charge on any atom is 0.0289 e. The van der Waals surface area contributed by atoms with Crippen LogP contribution in [0.5, 0.6) is 0 Å². The predicted molar refractivity (Wildman–Crippen MR) is 326 cm³/mol. The van der Waals surface area contributed by atoms with Crippen LogP contribution in [-0.2, 0) is 0 Å². The van der Waals surface area contributed by atoms with E-state index in [2.05, 4.69) is 168 Å². The summed E-state index contributed by atoms with van der Waals surface area (Å²) in [6, 6.07) is 0.661. The van der Waals surface area contributed by atoms with Gasteiger partial charge in [0.15, 0.2) is 0 Å². The fourth-order valence-corrected chi connectivity index (χ4v) is 7.53. The van der Waals surface area contributed by atoms with Gasteiger partial charge < -0.3 is 10.2 Å². The Morgan fingerprint density at radius 3 is 1.87 bits per heavy atom. The van der Waals surface area contributed by atoms with Crippen molar-refractivity contribution < 1.29 is 0 Å². The zero-order valence-corrected chi connectivity index (χ0v) is 51.3. The molecule has 3 heteroatoms. The van der Waals surface area contributed by atoms with Crippen molar-refractivity contribution in [1.82, 2.24) is 10.2 Å². The average Bonchev–Trinajstić information content (AvgIpc) is 3.36. The van der Waals surface area contributed by atoms with Gasteiger partial charge in [-0.3, -0.25) is 0 Å². The molecule has 1 aliphatic rings. The molecule has 0 aliphatic carbocycles. The minimum Gasteiger partial charge on any atom is -0.369 e. The van der Waals surface area contributed by atoms with E-state index in [4.69, 9.17) is 0 Å². The Morgan fingerprint density at radius 1 is 0.765 bits per heavy atom. The maximum atomic E-state index is 4.64. The van der Waals surface area contributed by atoms with Crippen molar-refractivity contribution in [3.63, 3.8) is 0 Å². The van der Waals surface area contributed by atoms with E-state index in [1.807, 2.05) is 60.6 Å². The van der Waals surface area contributed by atoms with E-state index in [1.54, 1.807) is 6.08 Å². The smallest absolute Gasteiger partial charge is 0.0289 e. The Kier molecular flexibility index (Phi) is 76.5. The Morgan fingerprint density at radius 2 is 1.35 bits per heavy atom. The van der Waals surface area contributed by atoms with Gasteiger partial charge in [-0.05, 0) is 134 Å². The number of nitrogens with one attached hydrogen (secondary N) is 1. The second-order valence-corrected chi connectivity index (χ2v) is 19.0. The van der Waals surface area contributed by atoms with Crippen molar-refractivity contribution in [1.29, 1.82) is 0 Å². The lowest BCUT2D eigenvalue weighted by atomic mass is 9.75. The number of hydrogen-bond donors (Lipinski definition) is 1. The topological polar surface area (TPSA) is 15.3 Å². The van der Waals surface area contributed by atoms with Crippen LogP contribution in [0, 0.1) is 29.1 Å². The molecule has 0 aromatic rings. The summed E-state index contributed by atoms with van der Waals surface area (Å²) in [5.41, 5.74) is 4.62. The van der Waals surface area contributed by atoms with Crippen LogP contribution in [0.25, 0.3) is 0 Å². The predicted octanol–water partition coefficient (Wildman–Crippen LogP) is 22.7. The molecule has 0 aromatic heterocycles. The lowest BCUT2D eigenvalue weighted by Crippen LogP contribution is -2.35. The first-order chi connectivity index (χ1) is 32.6. The van der Waals surface area contributed by atoms with Crippen LogP contribution in [0.15, 0.2) is 97.8 Å². The van der Waals surface area contributed by atoms with Crippen LogP contribution in [-0.4, -0.2) is 37.5 Å². The second kappa shape index (κ2) is 65.0. The normalized spacial score (nSPS) is 15.1. The number of rotatable bonds is 30. The molecule has 0 aromatic carbocycles. The SMILES string of the molecule is C=CC.C=CC(=C)N1CCCCC1C.C=CCC(C)/C(C)=C/CC(C)CCCCC(CCC)CCNC.CC.CC.CC.CCCC/C=C/C=C/C=C(\C)CCCCCC(C)C(C)(C)CC.CCl. The minimum absolute atomic E-state index is 0.505. The quantitative estimate of drug-likeness (QED) is 0.0334. The average molecular weight is 974 g/mol. The highest BCUT2D eigenvalue weighted by molar-refractivity contribution is 6.15. The van der Waals surface area contributed by atoms with Gasteiger partial charge in [0.25, 0.3) is 0 Å². The van der Waals surface area contributed by atoms with Crippen LogP contribution in [0.1, 0.15) is 259 Å². The fraction of sp³-hybridized carbons (Fsp3) is 0.754. The van der Waals surface area contributed by atoms with Crippen molar-refractivity contribution in [2.45, 2.75) is 266 Å². The molecule has 1 heterocycles. The van der Waals surface area contributed by atoms with Crippen LogP contribution in [0.4, 0.5) is 0 Å². The summed E-state index contributed by atoms with van der Waals surface area (Å²) in [5.74, 6) is 3.25. The summed E-state index contributed by atoms with van der Waals surface area (Å²) in [7, 11) is 2.07. The number of alkyl halides is 1. The van der Waals surface area contributed by atoms with Crippen molar-refractivity contribution in [2.24, 2.45) is 29.1 Å². The molecule has 406 valence electrons. The monoisotopic (exact) mass is 973 g/mol. The van der Waals surface area contributed by atoms with E-state index >= 15 is 0 Å². The van der Waals surface area contributed by atoms with Crippen LogP contribution in [0.2, 0.25) is 0 Å². The third-order valence-corrected chi connectivity index (χ3v) is 13.0. The number of nitrogens with zero attached hydrogens (tertiary/aromatic N) is 1. The molecule has 68 heavy (non-hydrogen) atoms. The minimum atomic E-state index is 0.505. The van der Waals surface area contributed by atoms with Gasteiger partial charge in [-0.1, -0.05) is 247 Å². The molecule has 1 saturated heterocycles. The van der Waals surface area contributed by atoms with Crippen molar-refractivity contribution >= 4 is 11.6 Å². The first-order valence-electron chi connectivity index (χ1n) is 28.6. The molecule has 0 amide bonds. The number of unbranched alkanes of at least 4 members (excludes halogenated alkanes) is 5. The fourth-order valence-electron chi connectivity index (χ4n) is 7.53. The molecule has 2 nitrogen and oxygen atoms in total. The largest absolute Gasteiger partial charge is 0.369 e. The number of likely N-dealkylation sites (tertiary alicyclic amines) is 1. The van der Waals surface area contributed by atoms with Gasteiger partial charge in [0, 0.05) is 24.7 Å². The summed E-state index contributed by atoms with van der Waals surface area (Å²) < 4.78 is 0. The molecule has 0 saturated carbocycles. The molecule has 1 N–H and O–H groups in total. The molecular formula is C65H129ClN2. The van der Waals surface area contributed by atoms with E-state index in [-0.39, 0.29) is 0 Å². The summed E-state index contributed by atoms with van der Waals surface area (Å²) in [6.45, 7) is 56.7. The molecule has 5 atom stereocenters. The summed E-state index contributed by atoms with van der Waals surface area (Å²) in [5, 5.41) is 3.30. The molecule has 0 radical (unpaired) electrons. The van der Waals surface area contributed by atoms with Crippen molar-refractivity contribution in [3.05, 3.63) is 97.8 Å². The molecule has 0 spiro atoms. The van der Waals surface area contributed by atoms with E-state index in [9.17, 15) is 0 Å². The van der Waals surface area contributed by atoms with Gasteiger partial charge in [0.05, 0.1) is 0 Å². The summed E-state index contributed by atoms with van der Waals surface area (Å²) in [4.78, 5) is 2.34. The first-order valence-corrected chi connectivity index (χ1v) is 29.3. The first kappa shape index (κ1) is 80.1. The molecule has 5 unspecified atom stereocenters. The zero-order valence-electron chi connectivity index (χ0n) is 50.5. The Balaban J connectivity index is -0.000000154. The number of piperidine rings is 1. The zero-order chi connectivity index (χ0) is 54.0. The molecular weight excluding hydrogens is 844 g/mol. The van der Waals surface area contributed by atoms with E-state index in [0.29, 0.717) is 17.4 Å². The second-order valence-electron chi connectivity index (χ2n) is 19.0. The molecule has 1 aliphatic heterocycles. The lowest BCUT2D eigenvalue weighted by Gasteiger charge is -2.35. The third kappa shape index (κ3) is 56.6. The van der Waals surface area contributed by atoms with Crippen molar-refractivity contribution in [3.8, 4) is 0 Å². The Bertz CT molecular complexity index is 1140. The third-order valence-electron chi connectivity index (χ3n) is 13.0. The molecule has 1 fully saturated rings. The van der Waals surface area contributed by atoms with Gasteiger partial charge in [-0.15, -0.1) is 24.8 Å². The summed E-state index contributed by atoms with van der Waals surface area (Å²) >= 11 is 4.64. The number of halogens is 1. The van der Waals surface area contributed by atoms with Gasteiger partial charge >= 0.3 is 0 Å². The van der Waals surface area contributed by atoms with E-state index in [0.717, 1.165) is 36.4 Å². The Hall–Kier alpha value is -2.03. The van der Waals surface area contributed by atoms with Gasteiger partial charge in [-0.25, -0.2) is 0 Å².